The summed E-state index contributed by atoms with van der Waals surface area (Å²) < 4.78 is 12.1. The lowest BCUT2D eigenvalue weighted by Gasteiger charge is -2.22. The van der Waals surface area contributed by atoms with Crippen LogP contribution in [0, 0.1) is 5.41 Å². The Labute approximate surface area is 175 Å². The van der Waals surface area contributed by atoms with Crippen LogP contribution in [0.25, 0.3) is 10.9 Å². The highest BCUT2D eigenvalue weighted by molar-refractivity contribution is 6.08. The van der Waals surface area contributed by atoms with Gasteiger partial charge in [0.2, 0.25) is 5.91 Å². The number of esters is 1. The van der Waals surface area contributed by atoms with Gasteiger partial charge in [-0.3, -0.25) is 14.2 Å². The summed E-state index contributed by atoms with van der Waals surface area (Å²) in [5, 5.41) is 0.841. The minimum Gasteiger partial charge on any atom is -0.468 e. The Hall–Kier alpha value is -2.83. The first-order valence-electron chi connectivity index (χ1n) is 10.4. The normalized spacial score (nSPS) is 23.5. The molecule has 7 heteroatoms. The molecular weight excluding hydrogens is 384 g/mol. The van der Waals surface area contributed by atoms with E-state index < -0.39 is 23.1 Å². The van der Waals surface area contributed by atoms with Gasteiger partial charge in [-0.1, -0.05) is 18.2 Å². The first-order valence-corrected chi connectivity index (χ1v) is 10.4. The summed E-state index contributed by atoms with van der Waals surface area (Å²) >= 11 is 0. The largest absolute Gasteiger partial charge is 0.468 e. The summed E-state index contributed by atoms with van der Waals surface area (Å²) in [5.41, 5.74) is -0.346. The molecule has 1 aliphatic carbocycles. The molecule has 7 nitrogen and oxygen atoms in total. The minimum atomic E-state index is -1.21. The molecule has 1 saturated carbocycles. The van der Waals surface area contributed by atoms with Crippen LogP contribution in [0.15, 0.2) is 30.5 Å². The maximum Gasteiger partial charge on any atom is 0.419 e. The molecule has 2 aromatic rings. The number of hydrogen-bond acceptors (Lipinski definition) is 5. The number of carbonyl (C=O) groups is 3. The SMILES string of the molecule is COC(=O)[C@]1(C(=O)N2CCCC2)C[C@@H]1c1cn(C(=O)OC(C)(C)C)c2ccccc12. The van der Waals surface area contributed by atoms with Crippen molar-refractivity contribution in [3.05, 3.63) is 36.0 Å². The summed E-state index contributed by atoms with van der Waals surface area (Å²) in [4.78, 5) is 40.6. The molecular formula is C23H28N2O5. The smallest absolute Gasteiger partial charge is 0.419 e. The molecule has 1 aromatic carbocycles. The van der Waals surface area contributed by atoms with Crippen molar-refractivity contribution in [2.75, 3.05) is 20.2 Å². The average molecular weight is 412 g/mol. The number of ether oxygens (including phenoxy) is 2. The van der Waals surface area contributed by atoms with Crippen LogP contribution in [0.5, 0.6) is 0 Å². The zero-order valence-corrected chi connectivity index (χ0v) is 17.9. The maximum absolute atomic E-state index is 13.3. The number of para-hydroxylation sites is 1. The lowest BCUT2D eigenvalue weighted by molar-refractivity contribution is -0.155. The van der Waals surface area contributed by atoms with Crippen LogP contribution in [0.2, 0.25) is 0 Å². The molecule has 160 valence electrons. The molecule has 2 aliphatic rings. The van der Waals surface area contributed by atoms with Crippen molar-refractivity contribution in [1.29, 1.82) is 0 Å². The van der Waals surface area contributed by atoms with Crippen molar-refractivity contribution in [3.63, 3.8) is 0 Å². The summed E-state index contributed by atoms with van der Waals surface area (Å²) in [6, 6.07) is 7.48. The fourth-order valence-corrected chi connectivity index (χ4v) is 4.52. The van der Waals surface area contributed by atoms with Gasteiger partial charge < -0.3 is 14.4 Å². The highest BCUT2D eigenvalue weighted by atomic mass is 16.6. The van der Waals surface area contributed by atoms with Crippen LogP contribution in [-0.4, -0.2) is 53.2 Å². The van der Waals surface area contributed by atoms with E-state index in [1.165, 1.54) is 11.7 Å². The second kappa shape index (κ2) is 7.15. The highest BCUT2D eigenvalue weighted by Crippen LogP contribution is 2.62. The number of carbonyl (C=O) groups excluding carboxylic acids is 3. The molecule has 1 aromatic heterocycles. The fourth-order valence-electron chi connectivity index (χ4n) is 4.52. The van der Waals surface area contributed by atoms with Crippen molar-refractivity contribution in [2.24, 2.45) is 5.41 Å². The third-order valence-corrected chi connectivity index (χ3v) is 5.99. The molecule has 1 aliphatic heterocycles. The summed E-state index contributed by atoms with van der Waals surface area (Å²) in [6.07, 6.45) is 3.51. The molecule has 0 radical (unpaired) electrons. The van der Waals surface area contributed by atoms with Crippen LogP contribution in [0.3, 0.4) is 0 Å². The Balaban J connectivity index is 1.75. The lowest BCUT2D eigenvalue weighted by Crippen LogP contribution is -2.40. The van der Waals surface area contributed by atoms with E-state index in [0.29, 0.717) is 25.0 Å². The van der Waals surface area contributed by atoms with Crippen molar-refractivity contribution < 1.29 is 23.9 Å². The Bertz CT molecular complexity index is 1010. The minimum absolute atomic E-state index is 0.161. The third kappa shape index (κ3) is 3.26. The summed E-state index contributed by atoms with van der Waals surface area (Å²) in [5.74, 6) is -0.990. The Morgan fingerprint density at radius 1 is 1.10 bits per heavy atom. The van der Waals surface area contributed by atoms with E-state index >= 15 is 0 Å². The predicted octanol–water partition coefficient (Wildman–Crippen LogP) is 3.69. The zero-order valence-electron chi connectivity index (χ0n) is 17.9. The zero-order chi connectivity index (χ0) is 21.7. The topological polar surface area (TPSA) is 77.8 Å². The lowest BCUT2D eigenvalue weighted by atomic mass is 9.97. The maximum atomic E-state index is 13.3. The number of amides is 1. The summed E-state index contributed by atoms with van der Waals surface area (Å²) in [7, 11) is 1.32. The molecule has 4 rings (SSSR count). The van der Waals surface area contributed by atoms with Crippen LogP contribution in [0.1, 0.15) is 51.5 Å². The van der Waals surface area contributed by atoms with E-state index in [9.17, 15) is 14.4 Å². The molecule has 1 saturated heterocycles. The molecule has 0 unspecified atom stereocenters. The first-order chi connectivity index (χ1) is 14.2. The standard InChI is InChI=1S/C23H28N2O5/c1-22(2,3)30-21(28)25-14-16(15-9-5-6-10-18(15)25)17-13-23(17,20(27)29-4)19(26)24-11-7-8-12-24/h5-6,9-10,14,17H,7-8,11-13H2,1-4H3/t17-,23-/m1/s1. The van der Waals surface area contributed by atoms with Gasteiger partial charge in [0, 0.05) is 30.6 Å². The number of likely N-dealkylation sites (tertiary alicyclic amines) is 1. The second-order valence-electron chi connectivity index (χ2n) is 9.17. The van der Waals surface area contributed by atoms with Gasteiger partial charge in [-0.05, 0) is 51.7 Å². The van der Waals surface area contributed by atoms with Crippen molar-refractivity contribution in [3.8, 4) is 0 Å². The Kier molecular flexibility index (Phi) is 4.87. The quantitative estimate of drug-likeness (QED) is 0.568. The van der Waals surface area contributed by atoms with Gasteiger partial charge in [0.1, 0.15) is 5.60 Å². The molecule has 0 N–H and O–H groups in total. The molecule has 0 bridgehead atoms. The Morgan fingerprint density at radius 3 is 2.40 bits per heavy atom. The number of hydrogen-bond donors (Lipinski definition) is 0. The van der Waals surface area contributed by atoms with Crippen molar-refractivity contribution >= 4 is 28.9 Å². The van der Waals surface area contributed by atoms with Gasteiger partial charge in [0.05, 0.1) is 12.6 Å². The van der Waals surface area contributed by atoms with E-state index in [-0.39, 0.29) is 11.8 Å². The molecule has 2 heterocycles. The Morgan fingerprint density at radius 2 is 1.77 bits per heavy atom. The number of aromatic nitrogens is 1. The molecule has 30 heavy (non-hydrogen) atoms. The number of rotatable bonds is 3. The van der Waals surface area contributed by atoms with E-state index in [4.69, 9.17) is 9.47 Å². The number of fused-ring (bicyclic) bond motifs is 1. The fraction of sp³-hybridized carbons (Fsp3) is 0.522. The number of benzene rings is 1. The highest BCUT2D eigenvalue weighted by Gasteiger charge is 2.68. The van der Waals surface area contributed by atoms with Gasteiger partial charge in [0.25, 0.3) is 0 Å². The van der Waals surface area contributed by atoms with E-state index in [0.717, 1.165) is 23.8 Å². The van der Waals surface area contributed by atoms with Gasteiger partial charge >= 0.3 is 12.1 Å². The van der Waals surface area contributed by atoms with Crippen molar-refractivity contribution in [2.45, 2.75) is 51.6 Å². The monoisotopic (exact) mass is 412 g/mol. The van der Waals surface area contributed by atoms with Gasteiger partial charge in [-0.25, -0.2) is 4.79 Å². The van der Waals surface area contributed by atoms with E-state index in [1.807, 2.05) is 45.0 Å². The summed E-state index contributed by atoms with van der Waals surface area (Å²) in [6.45, 7) is 6.79. The number of nitrogens with zero attached hydrogens (tertiary/aromatic N) is 2. The van der Waals surface area contributed by atoms with Gasteiger partial charge in [-0.2, -0.15) is 0 Å². The van der Waals surface area contributed by atoms with Gasteiger partial charge in [-0.15, -0.1) is 0 Å². The number of methoxy groups -OCH3 is 1. The van der Waals surface area contributed by atoms with Crippen LogP contribution in [-0.2, 0) is 19.1 Å². The molecule has 2 fully saturated rings. The predicted molar refractivity (Wildman–Crippen MR) is 111 cm³/mol. The first kappa shape index (κ1) is 20.4. The van der Waals surface area contributed by atoms with Crippen molar-refractivity contribution in [1.82, 2.24) is 9.47 Å². The molecule has 1 amide bonds. The second-order valence-corrected chi connectivity index (χ2v) is 9.17. The molecule has 2 atom stereocenters. The average Bonchev–Trinajstić information content (AvgIpc) is 3.06. The van der Waals surface area contributed by atoms with E-state index in [1.54, 1.807) is 11.1 Å². The van der Waals surface area contributed by atoms with Crippen LogP contribution in [0.4, 0.5) is 4.79 Å². The van der Waals surface area contributed by atoms with Gasteiger partial charge in [0.15, 0.2) is 5.41 Å². The van der Waals surface area contributed by atoms with E-state index in [2.05, 4.69) is 0 Å². The molecule has 0 spiro atoms. The van der Waals surface area contributed by atoms with Crippen LogP contribution < -0.4 is 0 Å². The third-order valence-electron chi connectivity index (χ3n) is 5.99. The van der Waals surface area contributed by atoms with Crippen LogP contribution >= 0.6 is 0 Å².